The first-order chi connectivity index (χ1) is 10.9. The fraction of sp³-hybridized carbons (Fsp3) is 0.500. The summed E-state index contributed by atoms with van der Waals surface area (Å²) in [6.07, 6.45) is 0.724. The summed E-state index contributed by atoms with van der Waals surface area (Å²) in [5.74, 6) is 0.698. The van der Waals surface area contributed by atoms with Crippen molar-refractivity contribution in [3.05, 3.63) is 22.2 Å². The van der Waals surface area contributed by atoms with Gasteiger partial charge >= 0.3 is 0 Å². The Bertz CT molecular complexity index is 582. The molecule has 0 aromatic heterocycles. The van der Waals surface area contributed by atoms with Gasteiger partial charge in [-0.15, -0.1) is 0 Å². The predicted molar refractivity (Wildman–Crippen MR) is 88.2 cm³/mol. The molecule has 0 unspecified atom stereocenters. The van der Waals surface area contributed by atoms with Crippen LogP contribution in [0.2, 0.25) is 0 Å². The highest BCUT2D eigenvalue weighted by molar-refractivity contribution is 9.10. The Morgan fingerprint density at radius 3 is 2.57 bits per heavy atom. The molecule has 0 saturated carbocycles. The Labute approximate surface area is 143 Å². The van der Waals surface area contributed by atoms with Crippen LogP contribution in [0.1, 0.15) is 24.2 Å². The summed E-state index contributed by atoms with van der Waals surface area (Å²) in [5, 5.41) is 0. The average Bonchev–Trinajstić information content (AvgIpc) is 2.51. The van der Waals surface area contributed by atoms with Gasteiger partial charge in [-0.25, -0.2) is 0 Å². The number of rotatable bonds is 5. The zero-order valence-corrected chi connectivity index (χ0v) is 15.0. The summed E-state index contributed by atoms with van der Waals surface area (Å²) in [6, 6.07) is 3.19. The van der Waals surface area contributed by atoms with Crippen molar-refractivity contribution in [3.63, 3.8) is 0 Å². The zero-order valence-electron chi connectivity index (χ0n) is 13.4. The van der Waals surface area contributed by atoms with Crippen LogP contribution in [0.15, 0.2) is 16.6 Å². The van der Waals surface area contributed by atoms with E-state index in [1.165, 1.54) is 7.11 Å². The largest absolute Gasteiger partial charge is 0.493 e. The van der Waals surface area contributed by atoms with E-state index in [4.69, 9.17) is 14.2 Å². The molecule has 0 spiro atoms. The second-order valence-corrected chi connectivity index (χ2v) is 6.34. The van der Waals surface area contributed by atoms with Gasteiger partial charge in [-0.3, -0.25) is 9.59 Å². The molecule has 1 aromatic rings. The fourth-order valence-corrected chi connectivity index (χ4v) is 2.94. The molecule has 0 radical (unpaired) electrons. The highest BCUT2D eigenvalue weighted by Gasteiger charge is 2.26. The van der Waals surface area contributed by atoms with Gasteiger partial charge in [0, 0.05) is 23.1 Å². The molecule has 0 N–H and O–H groups in total. The molecule has 7 heteroatoms. The van der Waals surface area contributed by atoms with Crippen molar-refractivity contribution in [2.75, 3.05) is 26.8 Å². The maximum atomic E-state index is 12.3. The number of carbonyl (C=O) groups excluding carboxylic acids is 2. The lowest BCUT2D eigenvalue weighted by Gasteiger charge is -2.35. The molecule has 23 heavy (non-hydrogen) atoms. The van der Waals surface area contributed by atoms with E-state index in [1.807, 2.05) is 13.8 Å². The van der Waals surface area contributed by atoms with E-state index < -0.39 is 0 Å². The number of hydrogen-bond donors (Lipinski definition) is 0. The Kier molecular flexibility index (Phi) is 6.01. The van der Waals surface area contributed by atoms with Gasteiger partial charge in [0.1, 0.15) is 0 Å². The quantitative estimate of drug-likeness (QED) is 0.727. The Balaban J connectivity index is 2.05. The smallest absolute Gasteiger partial charge is 0.260 e. The number of benzene rings is 1. The van der Waals surface area contributed by atoms with Gasteiger partial charge in [-0.1, -0.05) is 0 Å². The predicted octanol–water partition coefficient (Wildman–Crippen LogP) is 2.28. The second kappa shape index (κ2) is 7.79. The van der Waals surface area contributed by atoms with Gasteiger partial charge in [0.25, 0.3) is 5.91 Å². The first-order valence-corrected chi connectivity index (χ1v) is 8.12. The molecule has 1 aliphatic rings. The van der Waals surface area contributed by atoms with Gasteiger partial charge in [0.05, 0.1) is 19.3 Å². The number of hydrogen-bond acceptors (Lipinski definition) is 5. The first-order valence-electron chi connectivity index (χ1n) is 7.33. The van der Waals surface area contributed by atoms with Crippen molar-refractivity contribution < 1.29 is 23.8 Å². The van der Waals surface area contributed by atoms with Crippen LogP contribution in [-0.4, -0.2) is 56.1 Å². The van der Waals surface area contributed by atoms with Gasteiger partial charge in [0.15, 0.2) is 24.4 Å². The van der Waals surface area contributed by atoms with Gasteiger partial charge in [0.2, 0.25) is 0 Å². The number of carbonyl (C=O) groups is 2. The molecule has 1 aliphatic heterocycles. The van der Waals surface area contributed by atoms with E-state index in [2.05, 4.69) is 15.9 Å². The van der Waals surface area contributed by atoms with Crippen molar-refractivity contribution in [1.82, 2.24) is 4.90 Å². The summed E-state index contributed by atoms with van der Waals surface area (Å²) in [5.41, 5.74) is 0.432. The standard InChI is InChI=1S/C16H20BrNO5/c1-10-6-18(7-11(2)23-10)16(20)9-22-15-4-12(8-19)13(17)5-14(15)21-3/h4-5,8,10-11H,6-7,9H2,1-3H3/t10-,11-/m1/s1. The molecule has 1 aromatic carbocycles. The third kappa shape index (κ3) is 4.45. The number of amides is 1. The molecule has 0 aliphatic carbocycles. The monoisotopic (exact) mass is 385 g/mol. The minimum absolute atomic E-state index is 0.00610. The summed E-state index contributed by atoms with van der Waals surface area (Å²) < 4.78 is 17.0. The van der Waals surface area contributed by atoms with Crippen LogP contribution in [-0.2, 0) is 9.53 Å². The number of morpholine rings is 1. The van der Waals surface area contributed by atoms with E-state index in [0.717, 1.165) is 0 Å². The molecule has 2 rings (SSSR count). The number of aldehydes is 1. The third-order valence-electron chi connectivity index (χ3n) is 3.53. The lowest BCUT2D eigenvalue weighted by atomic mass is 10.2. The Hall–Kier alpha value is -1.60. The molecule has 6 nitrogen and oxygen atoms in total. The van der Waals surface area contributed by atoms with Crippen LogP contribution in [0, 0.1) is 0 Å². The number of ether oxygens (including phenoxy) is 3. The van der Waals surface area contributed by atoms with Crippen molar-refractivity contribution in [1.29, 1.82) is 0 Å². The lowest BCUT2D eigenvalue weighted by molar-refractivity contribution is -0.145. The van der Waals surface area contributed by atoms with E-state index >= 15 is 0 Å². The van der Waals surface area contributed by atoms with Crippen LogP contribution in [0.25, 0.3) is 0 Å². The van der Waals surface area contributed by atoms with Crippen LogP contribution >= 0.6 is 15.9 Å². The maximum Gasteiger partial charge on any atom is 0.260 e. The van der Waals surface area contributed by atoms with Crippen LogP contribution in [0.4, 0.5) is 0 Å². The van der Waals surface area contributed by atoms with E-state index in [0.29, 0.717) is 40.9 Å². The summed E-state index contributed by atoms with van der Waals surface area (Å²) >= 11 is 3.28. The summed E-state index contributed by atoms with van der Waals surface area (Å²) in [7, 11) is 1.50. The van der Waals surface area contributed by atoms with Gasteiger partial charge < -0.3 is 19.1 Å². The maximum absolute atomic E-state index is 12.3. The normalized spacial score (nSPS) is 21.0. The fourth-order valence-electron chi connectivity index (χ4n) is 2.53. The van der Waals surface area contributed by atoms with Crippen molar-refractivity contribution in [3.8, 4) is 11.5 Å². The zero-order chi connectivity index (χ0) is 17.0. The van der Waals surface area contributed by atoms with Crippen molar-refractivity contribution in [2.24, 2.45) is 0 Å². The number of nitrogens with zero attached hydrogens (tertiary/aromatic N) is 1. The van der Waals surface area contributed by atoms with Crippen LogP contribution < -0.4 is 9.47 Å². The molecule has 1 fully saturated rings. The Morgan fingerprint density at radius 2 is 2.00 bits per heavy atom. The molecule has 1 amide bonds. The van der Waals surface area contributed by atoms with Gasteiger partial charge in [-0.05, 0) is 41.9 Å². The highest BCUT2D eigenvalue weighted by atomic mass is 79.9. The Morgan fingerprint density at radius 1 is 1.35 bits per heavy atom. The molecule has 0 bridgehead atoms. The van der Waals surface area contributed by atoms with E-state index in [9.17, 15) is 9.59 Å². The lowest BCUT2D eigenvalue weighted by Crippen LogP contribution is -2.49. The second-order valence-electron chi connectivity index (χ2n) is 5.49. The molecular weight excluding hydrogens is 366 g/mol. The third-order valence-corrected chi connectivity index (χ3v) is 4.22. The molecule has 1 heterocycles. The minimum Gasteiger partial charge on any atom is -0.493 e. The number of methoxy groups -OCH3 is 1. The summed E-state index contributed by atoms with van der Waals surface area (Å²) in [4.78, 5) is 25.1. The molecule has 126 valence electrons. The van der Waals surface area contributed by atoms with E-state index in [1.54, 1.807) is 17.0 Å². The van der Waals surface area contributed by atoms with Crippen molar-refractivity contribution in [2.45, 2.75) is 26.1 Å². The SMILES string of the molecule is COc1cc(Br)c(C=O)cc1OCC(=O)N1C[C@@H](C)O[C@H](C)C1. The molecule has 1 saturated heterocycles. The molecule has 2 atom stereocenters. The van der Waals surface area contributed by atoms with Gasteiger partial charge in [-0.2, -0.15) is 0 Å². The van der Waals surface area contributed by atoms with E-state index in [-0.39, 0.29) is 24.7 Å². The average molecular weight is 386 g/mol. The first kappa shape index (κ1) is 17.7. The molecular formula is C16H20BrNO5. The number of halogens is 1. The minimum atomic E-state index is -0.121. The van der Waals surface area contributed by atoms with Crippen molar-refractivity contribution >= 4 is 28.1 Å². The highest BCUT2D eigenvalue weighted by Crippen LogP contribution is 2.32. The van der Waals surface area contributed by atoms with Crippen LogP contribution in [0.5, 0.6) is 11.5 Å². The van der Waals surface area contributed by atoms with Crippen LogP contribution in [0.3, 0.4) is 0 Å². The topological polar surface area (TPSA) is 65.1 Å². The summed E-state index contributed by atoms with van der Waals surface area (Å²) in [6.45, 7) is 4.85.